The fraction of sp³-hybridized carbons (Fsp3) is 0.440. The zero-order valence-electron chi connectivity index (χ0n) is 16.7. The molecule has 154 valence electrons. The van der Waals surface area contributed by atoms with Crippen LogP contribution < -0.4 is 0 Å². The van der Waals surface area contributed by atoms with Crippen LogP contribution in [0.4, 0.5) is 17.6 Å². The molecule has 1 fully saturated rings. The van der Waals surface area contributed by atoms with Crippen molar-refractivity contribution in [3.05, 3.63) is 69.8 Å². The number of rotatable bonds is 4. The fourth-order valence-corrected chi connectivity index (χ4v) is 5.04. The Labute approximate surface area is 169 Å². The van der Waals surface area contributed by atoms with E-state index in [9.17, 15) is 17.6 Å². The molecule has 4 heteroatoms. The van der Waals surface area contributed by atoms with Crippen molar-refractivity contribution in [3.8, 4) is 0 Å². The molecule has 2 aliphatic carbocycles. The van der Waals surface area contributed by atoms with E-state index in [-0.39, 0.29) is 29.9 Å². The molecule has 0 nitrogen and oxygen atoms in total. The molecule has 2 aliphatic rings. The minimum atomic E-state index is -0.893. The molecule has 4 rings (SSSR count). The number of benzene rings is 2. The van der Waals surface area contributed by atoms with Gasteiger partial charge in [0.15, 0.2) is 11.6 Å². The first-order valence-electron chi connectivity index (χ1n) is 10.6. The summed E-state index contributed by atoms with van der Waals surface area (Å²) in [6, 6.07) is 5.47. The summed E-state index contributed by atoms with van der Waals surface area (Å²) >= 11 is 0. The van der Waals surface area contributed by atoms with Crippen LogP contribution in [0.15, 0.2) is 24.3 Å². The molecule has 0 heterocycles. The van der Waals surface area contributed by atoms with Crippen LogP contribution in [0.5, 0.6) is 0 Å². The molecule has 0 spiro atoms. The SMILES string of the molecule is CCCC1CCC(c2cc(F)c(C3=Cc4ccc(F)c(F)c4CC3)c(F)c2)CC1. The van der Waals surface area contributed by atoms with Gasteiger partial charge in [-0.25, -0.2) is 17.6 Å². The van der Waals surface area contributed by atoms with Crippen molar-refractivity contribution >= 4 is 11.6 Å². The summed E-state index contributed by atoms with van der Waals surface area (Å²) in [5.41, 5.74) is 1.96. The van der Waals surface area contributed by atoms with E-state index >= 15 is 0 Å². The van der Waals surface area contributed by atoms with Crippen LogP contribution in [0.2, 0.25) is 0 Å². The summed E-state index contributed by atoms with van der Waals surface area (Å²) in [5.74, 6) is -1.94. The van der Waals surface area contributed by atoms with Gasteiger partial charge in [0, 0.05) is 5.56 Å². The highest BCUT2D eigenvalue weighted by Gasteiger charge is 2.26. The van der Waals surface area contributed by atoms with Crippen LogP contribution in [-0.4, -0.2) is 0 Å². The van der Waals surface area contributed by atoms with Crippen molar-refractivity contribution in [1.82, 2.24) is 0 Å². The number of allylic oxidation sites excluding steroid dienone is 1. The van der Waals surface area contributed by atoms with Gasteiger partial charge in [0.25, 0.3) is 0 Å². The zero-order chi connectivity index (χ0) is 20.5. The second-order valence-corrected chi connectivity index (χ2v) is 8.46. The van der Waals surface area contributed by atoms with Crippen molar-refractivity contribution in [1.29, 1.82) is 0 Å². The third kappa shape index (κ3) is 3.99. The third-order valence-corrected chi connectivity index (χ3v) is 6.61. The Morgan fingerprint density at radius 3 is 2.21 bits per heavy atom. The van der Waals surface area contributed by atoms with Gasteiger partial charge in [0.1, 0.15) is 11.6 Å². The first kappa shape index (κ1) is 20.2. The predicted octanol–water partition coefficient (Wildman–Crippen LogP) is 7.80. The highest BCUT2D eigenvalue weighted by molar-refractivity contribution is 5.85. The minimum Gasteiger partial charge on any atom is -0.206 e. The Bertz CT molecular complexity index is 913. The Hall–Kier alpha value is -2.10. The molecule has 0 aromatic heterocycles. The lowest BCUT2D eigenvalue weighted by Gasteiger charge is -2.29. The summed E-state index contributed by atoms with van der Waals surface area (Å²) in [4.78, 5) is 0. The van der Waals surface area contributed by atoms with Crippen LogP contribution in [0.25, 0.3) is 11.6 Å². The smallest absolute Gasteiger partial charge is 0.162 e. The molecular weight excluding hydrogens is 376 g/mol. The Morgan fingerprint density at radius 2 is 1.55 bits per heavy atom. The van der Waals surface area contributed by atoms with Crippen molar-refractivity contribution < 1.29 is 17.6 Å². The molecule has 0 amide bonds. The fourth-order valence-electron chi connectivity index (χ4n) is 5.04. The van der Waals surface area contributed by atoms with Crippen molar-refractivity contribution in [3.63, 3.8) is 0 Å². The molecule has 0 aliphatic heterocycles. The van der Waals surface area contributed by atoms with Gasteiger partial charge in [0.05, 0.1) is 0 Å². The van der Waals surface area contributed by atoms with Gasteiger partial charge in [-0.15, -0.1) is 0 Å². The normalized spacial score (nSPS) is 21.6. The van der Waals surface area contributed by atoms with Crippen LogP contribution in [0, 0.1) is 29.2 Å². The largest absolute Gasteiger partial charge is 0.206 e. The summed E-state index contributed by atoms with van der Waals surface area (Å²) in [5, 5.41) is 0. The predicted molar refractivity (Wildman–Crippen MR) is 109 cm³/mol. The second-order valence-electron chi connectivity index (χ2n) is 8.46. The van der Waals surface area contributed by atoms with Crippen LogP contribution in [-0.2, 0) is 6.42 Å². The van der Waals surface area contributed by atoms with E-state index in [1.165, 1.54) is 31.0 Å². The van der Waals surface area contributed by atoms with Crippen LogP contribution in [0.3, 0.4) is 0 Å². The monoisotopic (exact) mass is 402 g/mol. The molecule has 29 heavy (non-hydrogen) atoms. The van der Waals surface area contributed by atoms with E-state index in [4.69, 9.17) is 0 Å². The Balaban J connectivity index is 1.60. The molecule has 0 atom stereocenters. The van der Waals surface area contributed by atoms with Crippen molar-refractivity contribution in [2.45, 2.75) is 64.2 Å². The minimum absolute atomic E-state index is 0.0381. The van der Waals surface area contributed by atoms with Gasteiger partial charge in [-0.05, 0) is 90.8 Å². The summed E-state index contributed by atoms with van der Waals surface area (Å²) in [6.07, 6.45) is 8.69. The number of halogens is 4. The lowest BCUT2D eigenvalue weighted by molar-refractivity contribution is 0.307. The van der Waals surface area contributed by atoms with Crippen molar-refractivity contribution in [2.75, 3.05) is 0 Å². The van der Waals surface area contributed by atoms with E-state index in [0.29, 0.717) is 11.1 Å². The maximum atomic E-state index is 15.0. The Kier molecular flexibility index (Phi) is 5.80. The average Bonchev–Trinajstić information content (AvgIpc) is 2.71. The van der Waals surface area contributed by atoms with E-state index in [0.717, 1.165) is 43.2 Å². The number of hydrogen-bond acceptors (Lipinski definition) is 0. The summed E-state index contributed by atoms with van der Waals surface area (Å²) < 4.78 is 57.3. The molecule has 0 saturated heterocycles. The van der Waals surface area contributed by atoms with Crippen molar-refractivity contribution in [2.24, 2.45) is 5.92 Å². The van der Waals surface area contributed by atoms with E-state index in [1.54, 1.807) is 6.08 Å². The first-order chi connectivity index (χ1) is 14.0. The standard InChI is InChI=1S/C25H26F4/c1-2-3-15-4-6-16(7-5-15)19-13-22(27)24(23(28)14-19)18-8-10-20-17(12-18)9-11-21(26)25(20)29/h9,11-16H,2-8,10H2,1H3. The number of hydrogen-bond donors (Lipinski definition) is 0. The number of fused-ring (bicyclic) bond motifs is 1. The molecule has 0 bridgehead atoms. The molecular formula is C25H26F4. The van der Waals surface area contributed by atoms with E-state index in [1.807, 2.05) is 0 Å². The van der Waals surface area contributed by atoms with Crippen LogP contribution >= 0.6 is 0 Å². The Morgan fingerprint density at radius 1 is 0.862 bits per heavy atom. The zero-order valence-corrected chi connectivity index (χ0v) is 16.7. The molecule has 0 radical (unpaired) electrons. The van der Waals surface area contributed by atoms with Gasteiger partial charge in [-0.2, -0.15) is 0 Å². The van der Waals surface area contributed by atoms with Gasteiger partial charge >= 0.3 is 0 Å². The van der Waals surface area contributed by atoms with Crippen LogP contribution in [0.1, 0.15) is 80.0 Å². The van der Waals surface area contributed by atoms with Gasteiger partial charge in [0.2, 0.25) is 0 Å². The highest BCUT2D eigenvalue weighted by atomic mass is 19.2. The topological polar surface area (TPSA) is 0 Å². The molecule has 0 N–H and O–H groups in total. The molecule has 1 saturated carbocycles. The average molecular weight is 402 g/mol. The second kappa shape index (κ2) is 8.33. The van der Waals surface area contributed by atoms with Gasteiger partial charge in [-0.3, -0.25) is 0 Å². The quantitative estimate of drug-likeness (QED) is 0.458. The lowest BCUT2D eigenvalue weighted by Crippen LogP contribution is -2.14. The summed E-state index contributed by atoms with van der Waals surface area (Å²) in [6.45, 7) is 2.19. The third-order valence-electron chi connectivity index (χ3n) is 6.61. The van der Waals surface area contributed by atoms with Gasteiger partial charge < -0.3 is 0 Å². The maximum absolute atomic E-state index is 15.0. The molecule has 0 unspecified atom stereocenters. The molecule has 2 aromatic carbocycles. The first-order valence-corrected chi connectivity index (χ1v) is 10.6. The summed E-state index contributed by atoms with van der Waals surface area (Å²) in [7, 11) is 0. The lowest BCUT2D eigenvalue weighted by atomic mass is 9.77. The van der Waals surface area contributed by atoms with E-state index < -0.39 is 23.3 Å². The maximum Gasteiger partial charge on any atom is 0.162 e. The van der Waals surface area contributed by atoms with Gasteiger partial charge in [-0.1, -0.05) is 31.9 Å². The highest BCUT2D eigenvalue weighted by Crippen LogP contribution is 2.40. The van der Waals surface area contributed by atoms with E-state index in [2.05, 4.69) is 6.92 Å². The molecule has 2 aromatic rings.